The number of aromatic nitrogens is 1. The quantitative estimate of drug-likeness (QED) is 0.844. The van der Waals surface area contributed by atoms with Crippen LogP contribution in [0.4, 0.5) is 10.6 Å². The molecule has 1 aromatic heterocycles. The second kappa shape index (κ2) is 6.30. The summed E-state index contributed by atoms with van der Waals surface area (Å²) < 4.78 is 0. The van der Waals surface area contributed by atoms with Crippen molar-refractivity contribution in [2.24, 2.45) is 5.73 Å². The van der Waals surface area contributed by atoms with Crippen molar-refractivity contribution in [2.45, 2.75) is 31.3 Å². The van der Waals surface area contributed by atoms with Gasteiger partial charge in [0.15, 0.2) is 0 Å². The summed E-state index contributed by atoms with van der Waals surface area (Å²) >= 11 is 0. The molecule has 0 saturated carbocycles. The van der Waals surface area contributed by atoms with Crippen LogP contribution in [0.25, 0.3) is 0 Å². The van der Waals surface area contributed by atoms with Crippen molar-refractivity contribution < 1.29 is 4.79 Å². The van der Waals surface area contributed by atoms with Gasteiger partial charge in [-0.25, -0.2) is 9.78 Å². The van der Waals surface area contributed by atoms with Gasteiger partial charge in [-0.2, -0.15) is 0 Å². The highest BCUT2D eigenvalue weighted by Gasteiger charge is 2.27. The predicted octanol–water partition coefficient (Wildman–Crippen LogP) is 0.793. The second-order valence-electron chi connectivity index (χ2n) is 5.89. The molecule has 0 radical (unpaired) electrons. The number of nitrogens with zero attached hydrogens (tertiary/aromatic N) is 3. The van der Waals surface area contributed by atoms with Crippen LogP contribution in [-0.2, 0) is 0 Å². The largest absolute Gasteiger partial charge is 0.356 e. The Morgan fingerprint density at radius 1 is 1.24 bits per heavy atom. The molecule has 0 aliphatic carbocycles. The van der Waals surface area contributed by atoms with Crippen molar-refractivity contribution in [1.29, 1.82) is 0 Å². The molecule has 0 bridgehead atoms. The van der Waals surface area contributed by atoms with Gasteiger partial charge in [-0.1, -0.05) is 6.07 Å². The van der Waals surface area contributed by atoms with E-state index in [0.29, 0.717) is 6.54 Å². The number of carbonyl (C=O) groups is 1. The molecule has 114 valence electrons. The summed E-state index contributed by atoms with van der Waals surface area (Å²) in [6, 6.07) is 6.41. The molecular formula is C15H23N5O. The number of anilines is 1. The number of piperidine rings is 1. The van der Waals surface area contributed by atoms with E-state index in [2.05, 4.69) is 15.2 Å². The monoisotopic (exact) mass is 289 g/mol. The number of hydrogen-bond donors (Lipinski definition) is 2. The third-order valence-corrected chi connectivity index (χ3v) is 4.31. The average molecular weight is 289 g/mol. The molecule has 21 heavy (non-hydrogen) atoms. The molecule has 0 unspecified atom stereocenters. The molecular weight excluding hydrogens is 266 g/mol. The Bertz CT molecular complexity index is 472. The number of nitrogens with two attached hydrogens (primary N) is 1. The van der Waals surface area contributed by atoms with Gasteiger partial charge in [-0.05, 0) is 31.4 Å². The van der Waals surface area contributed by atoms with Gasteiger partial charge in [0.25, 0.3) is 0 Å². The summed E-state index contributed by atoms with van der Waals surface area (Å²) in [4.78, 5) is 20.6. The molecule has 3 rings (SSSR count). The zero-order valence-corrected chi connectivity index (χ0v) is 12.2. The maximum absolute atomic E-state index is 12.1. The zero-order valence-electron chi connectivity index (χ0n) is 12.2. The van der Waals surface area contributed by atoms with E-state index in [-0.39, 0.29) is 18.1 Å². The summed E-state index contributed by atoms with van der Waals surface area (Å²) in [6.45, 7) is 3.32. The lowest BCUT2D eigenvalue weighted by Gasteiger charge is -2.33. The van der Waals surface area contributed by atoms with E-state index in [1.165, 1.54) is 0 Å². The lowest BCUT2D eigenvalue weighted by atomic mass is 10.1. The fourth-order valence-corrected chi connectivity index (χ4v) is 3.03. The topological polar surface area (TPSA) is 74.5 Å². The Morgan fingerprint density at radius 3 is 2.67 bits per heavy atom. The summed E-state index contributed by atoms with van der Waals surface area (Å²) in [5, 5.41) is 3.14. The normalized spacial score (nSPS) is 23.4. The molecule has 3 heterocycles. The fourth-order valence-electron chi connectivity index (χ4n) is 3.03. The molecule has 2 aliphatic heterocycles. The van der Waals surface area contributed by atoms with E-state index >= 15 is 0 Å². The molecule has 2 saturated heterocycles. The lowest BCUT2D eigenvalue weighted by Crippen LogP contribution is -2.49. The van der Waals surface area contributed by atoms with Crippen LogP contribution in [0.15, 0.2) is 24.4 Å². The maximum atomic E-state index is 12.1. The standard InChI is InChI=1S/C15H23N5O/c16-12-4-8-20(11-12)15(21)18-13-5-9-19(10-6-13)14-3-1-2-7-17-14/h1-3,7,12-13H,4-6,8-11,16H2,(H,18,21)/t12-/m1/s1. The molecule has 6 heteroatoms. The Hall–Kier alpha value is -1.82. The third kappa shape index (κ3) is 3.44. The number of amides is 2. The number of rotatable bonds is 2. The first kappa shape index (κ1) is 14.1. The summed E-state index contributed by atoms with van der Waals surface area (Å²) in [6.07, 6.45) is 4.65. The lowest BCUT2D eigenvalue weighted by molar-refractivity contribution is 0.201. The molecule has 0 spiro atoms. The van der Waals surface area contributed by atoms with Crippen LogP contribution >= 0.6 is 0 Å². The van der Waals surface area contributed by atoms with Crippen LogP contribution in [0.5, 0.6) is 0 Å². The van der Waals surface area contributed by atoms with E-state index in [1.54, 1.807) is 0 Å². The number of likely N-dealkylation sites (tertiary alicyclic amines) is 1. The Labute approximate surface area is 125 Å². The van der Waals surface area contributed by atoms with Gasteiger partial charge < -0.3 is 20.9 Å². The molecule has 1 aromatic rings. The van der Waals surface area contributed by atoms with Gasteiger partial charge in [-0.3, -0.25) is 0 Å². The van der Waals surface area contributed by atoms with Crippen LogP contribution in [0.1, 0.15) is 19.3 Å². The maximum Gasteiger partial charge on any atom is 0.317 e. The minimum atomic E-state index is 0.0410. The van der Waals surface area contributed by atoms with Gasteiger partial charge in [0, 0.05) is 44.5 Å². The smallest absolute Gasteiger partial charge is 0.317 e. The van der Waals surface area contributed by atoms with Crippen molar-refractivity contribution in [3.05, 3.63) is 24.4 Å². The number of urea groups is 1. The number of nitrogens with one attached hydrogen (secondary N) is 1. The Morgan fingerprint density at radius 2 is 2.05 bits per heavy atom. The Balaban J connectivity index is 1.47. The van der Waals surface area contributed by atoms with Gasteiger partial charge >= 0.3 is 6.03 Å². The predicted molar refractivity (Wildman–Crippen MR) is 82.2 cm³/mol. The minimum Gasteiger partial charge on any atom is -0.356 e. The molecule has 2 amide bonds. The summed E-state index contributed by atoms with van der Waals surface area (Å²) in [7, 11) is 0. The van der Waals surface area contributed by atoms with E-state index in [1.807, 2.05) is 29.3 Å². The highest BCUT2D eigenvalue weighted by atomic mass is 16.2. The number of pyridine rings is 1. The first-order valence-electron chi connectivity index (χ1n) is 7.69. The average Bonchev–Trinajstić information content (AvgIpc) is 2.96. The molecule has 1 atom stereocenters. The van der Waals surface area contributed by atoms with Crippen molar-refractivity contribution >= 4 is 11.8 Å². The molecule has 6 nitrogen and oxygen atoms in total. The van der Waals surface area contributed by atoms with E-state index < -0.39 is 0 Å². The molecule has 2 aliphatic rings. The molecule has 0 aromatic carbocycles. The SMILES string of the molecule is N[C@@H]1CCN(C(=O)NC2CCN(c3ccccn3)CC2)C1. The first-order chi connectivity index (χ1) is 10.2. The zero-order chi connectivity index (χ0) is 14.7. The third-order valence-electron chi connectivity index (χ3n) is 4.31. The van der Waals surface area contributed by atoms with Crippen LogP contribution in [0.2, 0.25) is 0 Å². The first-order valence-corrected chi connectivity index (χ1v) is 7.69. The van der Waals surface area contributed by atoms with Crippen molar-refractivity contribution in [3.8, 4) is 0 Å². The fraction of sp³-hybridized carbons (Fsp3) is 0.600. The number of carbonyl (C=O) groups excluding carboxylic acids is 1. The second-order valence-corrected chi connectivity index (χ2v) is 5.89. The van der Waals surface area contributed by atoms with Crippen LogP contribution in [0.3, 0.4) is 0 Å². The highest BCUT2D eigenvalue weighted by Crippen LogP contribution is 2.17. The van der Waals surface area contributed by atoms with Gasteiger partial charge in [0.05, 0.1) is 0 Å². The van der Waals surface area contributed by atoms with Crippen LogP contribution in [-0.4, -0.2) is 54.2 Å². The highest BCUT2D eigenvalue weighted by molar-refractivity contribution is 5.75. The minimum absolute atomic E-state index is 0.0410. The Kier molecular flexibility index (Phi) is 4.24. The van der Waals surface area contributed by atoms with E-state index in [9.17, 15) is 4.79 Å². The van der Waals surface area contributed by atoms with Crippen molar-refractivity contribution in [3.63, 3.8) is 0 Å². The van der Waals surface area contributed by atoms with Crippen molar-refractivity contribution in [2.75, 3.05) is 31.1 Å². The number of hydrogen-bond acceptors (Lipinski definition) is 4. The summed E-state index contributed by atoms with van der Waals surface area (Å²) in [5.41, 5.74) is 5.84. The van der Waals surface area contributed by atoms with E-state index in [4.69, 9.17) is 5.73 Å². The van der Waals surface area contributed by atoms with Gasteiger partial charge in [0.2, 0.25) is 0 Å². The van der Waals surface area contributed by atoms with Gasteiger partial charge in [0.1, 0.15) is 5.82 Å². The summed E-state index contributed by atoms with van der Waals surface area (Å²) in [5.74, 6) is 1.02. The van der Waals surface area contributed by atoms with Crippen molar-refractivity contribution in [1.82, 2.24) is 15.2 Å². The van der Waals surface area contributed by atoms with Crippen LogP contribution < -0.4 is 16.0 Å². The van der Waals surface area contributed by atoms with E-state index in [0.717, 1.165) is 44.7 Å². The van der Waals surface area contributed by atoms with Gasteiger partial charge in [-0.15, -0.1) is 0 Å². The molecule has 2 fully saturated rings. The van der Waals surface area contributed by atoms with Crippen LogP contribution in [0, 0.1) is 0 Å². The molecule has 3 N–H and O–H groups in total.